The number of carbonyl (C=O) groups excluding carboxylic acids is 2. The normalized spacial score (nSPS) is 34.5. The van der Waals surface area contributed by atoms with Crippen molar-refractivity contribution in [2.75, 3.05) is 18.6 Å². The molecular formula is C17H16N2O7. The number of nitro benzene ring substituents is 1. The molecule has 0 saturated carbocycles. The monoisotopic (exact) mass is 360 g/mol. The first-order chi connectivity index (χ1) is 12.3. The van der Waals surface area contributed by atoms with E-state index in [0.717, 1.165) is 11.0 Å². The number of rotatable bonds is 4. The van der Waals surface area contributed by atoms with Gasteiger partial charge in [0.25, 0.3) is 5.69 Å². The van der Waals surface area contributed by atoms with Crippen molar-refractivity contribution in [1.29, 1.82) is 0 Å². The fourth-order valence-electron chi connectivity index (χ4n) is 4.24. The van der Waals surface area contributed by atoms with E-state index in [1.54, 1.807) is 19.1 Å². The number of non-ortho nitro benzene ring substituents is 1. The molecule has 1 aromatic carbocycles. The average Bonchev–Trinajstić information content (AvgIpc) is 3.20. The van der Waals surface area contributed by atoms with Crippen LogP contribution in [0.1, 0.15) is 6.92 Å². The summed E-state index contributed by atoms with van der Waals surface area (Å²) >= 11 is 0. The molecule has 9 nitrogen and oxygen atoms in total. The molecule has 1 N–H and O–H groups in total. The summed E-state index contributed by atoms with van der Waals surface area (Å²) in [6.45, 7) is 1.24. The Morgan fingerprint density at radius 1 is 1.31 bits per heavy atom. The average molecular weight is 360 g/mol. The van der Waals surface area contributed by atoms with Crippen molar-refractivity contribution in [3.05, 3.63) is 40.5 Å². The van der Waals surface area contributed by atoms with Crippen LogP contribution in [0.25, 0.3) is 0 Å². The van der Waals surface area contributed by atoms with E-state index < -0.39 is 46.4 Å². The SMILES string of the molecule is COc1ccc([N+](=O)[O-])cc1N1C(=O)[C@@H]2[C@@H](C1=O)[C@@]1(CO)C=C[C@@]2(C)O1. The number of nitrogens with zero attached hydrogens (tertiary/aromatic N) is 2. The fourth-order valence-corrected chi connectivity index (χ4v) is 4.24. The molecule has 9 heteroatoms. The van der Waals surface area contributed by atoms with Gasteiger partial charge in [-0.25, -0.2) is 4.90 Å². The molecule has 0 spiro atoms. The third-order valence-corrected chi connectivity index (χ3v) is 5.42. The van der Waals surface area contributed by atoms with Crippen LogP contribution < -0.4 is 9.64 Å². The van der Waals surface area contributed by atoms with E-state index in [1.807, 2.05) is 0 Å². The molecule has 2 amide bonds. The minimum atomic E-state index is -1.26. The van der Waals surface area contributed by atoms with Crippen molar-refractivity contribution in [3.8, 4) is 5.75 Å². The van der Waals surface area contributed by atoms with Gasteiger partial charge in [0.1, 0.15) is 17.0 Å². The van der Waals surface area contributed by atoms with Crippen LogP contribution in [0.4, 0.5) is 11.4 Å². The molecule has 3 aliphatic rings. The Morgan fingerprint density at radius 3 is 2.62 bits per heavy atom. The van der Waals surface area contributed by atoms with Crippen molar-refractivity contribution < 1.29 is 29.1 Å². The van der Waals surface area contributed by atoms with Crippen LogP contribution in [-0.2, 0) is 14.3 Å². The molecule has 136 valence electrons. The van der Waals surface area contributed by atoms with Crippen LogP contribution in [0.2, 0.25) is 0 Å². The summed E-state index contributed by atoms with van der Waals surface area (Å²) in [6, 6.07) is 3.72. The second-order valence-electron chi connectivity index (χ2n) is 6.81. The van der Waals surface area contributed by atoms with Crippen molar-refractivity contribution in [2.24, 2.45) is 11.8 Å². The summed E-state index contributed by atoms with van der Waals surface area (Å²) in [5, 5.41) is 20.9. The number of fused-ring (bicyclic) bond motifs is 5. The predicted octanol–water partition coefficient (Wildman–Crippen LogP) is 0.799. The summed E-state index contributed by atoms with van der Waals surface area (Å²) in [6.07, 6.45) is 3.30. The van der Waals surface area contributed by atoms with Crippen LogP contribution in [-0.4, -0.2) is 46.8 Å². The summed E-state index contributed by atoms with van der Waals surface area (Å²) in [7, 11) is 1.35. The van der Waals surface area contributed by atoms with Crippen LogP contribution in [0.5, 0.6) is 5.75 Å². The number of hydrogen-bond donors (Lipinski definition) is 1. The number of ether oxygens (including phenoxy) is 2. The van der Waals surface area contributed by atoms with Gasteiger partial charge in [0, 0.05) is 12.1 Å². The van der Waals surface area contributed by atoms with Crippen molar-refractivity contribution in [2.45, 2.75) is 18.1 Å². The Balaban J connectivity index is 1.84. The molecule has 0 radical (unpaired) electrons. The molecule has 1 aromatic rings. The Morgan fingerprint density at radius 2 is 2.00 bits per heavy atom. The van der Waals surface area contributed by atoms with Crippen LogP contribution >= 0.6 is 0 Å². The molecule has 0 aliphatic carbocycles. The topological polar surface area (TPSA) is 119 Å². The van der Waals surface area contributed by atoms with Gasteiger partial charge in [-0.15, -0.1) is 0 Å². The van der Waals surface area contributed by atoms with E-state index in [9.17, 15) is 24.8 Å². The van der Waals surface area contributed by atoms with Gasteiger partial charge in [0.15, 0.2) is 0 Å². The van der Waals surface area contributed by atoms with E-state index in [4.69, 9.17) is 9.47 Å². The van der Waals surface area contributed by atoms with E-state index in [0.29, 0.717) is 0 Å². The van der Waals surface area contributed by atoms with Crippen LogP contribution in [0.3, 0.4) is 0 Å². The highest BCUT2D eigenvalue weighted by molar-refractivity contribution is 6.24. The minimum Gasteiger partial charge on any atom is -0.495 e. The smallest absolute Gasteiger partial charge is 0.271 e. The predicted molar refractivity (Wildman–Crippen MR) is 87.6 cm³/mol. The van der Waals surface area contributed by atoms with Crippen molar-refractivity contribution in [3.63, 3.8) is 0 Å². The third-order valence-electron chi connectivity index (χ3n) is 5.42. The zero-order valence-electron chi connectivity index (χ0n) is 14.0. The van der Waals surface area contributed by atoms with E-state index >= 15 is 0 Å². The first kappa shape index (κ1) is 16.7. The molecule has 0 unspecified atom stereocenters. The summed E-state index contributed by atoms with van der Waals surface area (Å²) < 4.78 is 11.0. The number of carbonyl (C=O) groups is 2. The Kier molecular flexibility index (Phi) is 3.28. The molecule has 4 rings (SSSR count). The molecule has 4 atom stereocenters. The standard InChI is InChI=1S/C17H16N2O7/c1-16-5-6-17(8-20,26-16)13-12(16)14(21)18(15(13)22)10-7-9(19(23)24)3-4-11(10)25-2/h3-7,12-13,20H,8H2,1-2H3/t12-,13-,16+,17-/m0/s1. The number of amides is 2. The maximum Gasteiger partial charge on any atom is 0.271 e. The lowest BCUT2D eigenvalue weighted by Gasteiger charge is -2.27. The first-order valence-electron chi connectivity index (χ1n) is 7.99. The quantitative estimate of drug-likeness (QED) is 0.365. The zero-order chi connectivity index (χ0) is 18.9. The Bertz CT molecular complexity index is 882. The van der Waals surface area contributed by atoms with E-state index in [2.05, 4.69) is 0 Å². The van der Waals surface area contributed by atoms with Gasteiger partial charge in [-0.3, -0.25) is 19.7 Å². The van der Waals surface area contributed by atoms with Gasteiger partial charge in [-0.1, -0.05) is 12.2 Å². The first-order valence-corrected chi connectivity index (χ1v) is 7.99. The van der Waals surface area contributed by atoms with Gasteiger partial charge in [-0.2, -0.15) is 0 Å². The highest BCUT2D eigenvalue weighted by Crippen LogP contribution is 2.58. The third kappa shape index (κ3) is 1.86. The molecular weight excluding hydrogens is 344 g/mol. The molecule has 26 heavy (non-hydrogen) atoms. The fraction of sp³-hybridized carbons (Fsp3) is 0.412. The Labute approximate surface area is 147 Å². The number of methoxy groups -OCH3 is 1. The van der Waals surface area contributed by atoms with Gasteiger partial charge >= 0.3 is 0 Å². The second kappa shape index (κ2) is 5.12. The number of hydrogen-bond acceptors (Lipinski definition) is 7. The van der Waals surface area contributed by atoms with Crippen molar-refractivity contribution in [1.82, 2.24) is 0 Å². The highest BCUT2D eigenvalue weighted by Gasteiger charge is 2.72. The van der Waals surface area contributed by atoms with Gasteiger partial charge in [-0.05, 0) is 13.0 Å². The summed E-state index contributed by atoms with van der Waals surface area (Å²) in [4.78, 5) is 37.6. The van der Waals surface area contributed by atoms with Gasteiger partial charge < -0.3 is 14.6 Å². The molecule has 3 aliphatic heterocycles. The maximum absolute atomic E-state index is 13.1. The van der Waals surface area contributed by atoms with Gasteiger partial charge in [0.2, 0.25) is 11.8 Å². The Hall–Kier alpha value is -2.78. The number of benzene rings is 1. The highest BCUT2D eigenvalue weighted by atomic mass is 16.6. The van der Waals surface area contributed by atoms with Crippen LogP contribution in [0.15, 0.2) is 30.4 Å². The number of aliphatic hydroxyl groups excluding tert-OH is 1. The van der Waals surface area contributed by atoms with Crippen molar-refractivity contribution >= 4 is 23.2 Å². The maximum atomic E-state index is 13.1. The number of nitro groups is 1. The summed E-state index contributed by atoms with van der Waals surface area (Å²) in [5.74, 6) is -2.63. The lowest BCUT2D eigenvalue weighted by atomic mass is 9.73. The van der Waals surface area contributed by atoms with Gasteiger partial charge in [0.05, 0.1) is 36.1 Å². The molecule has 2 saturated heterocycles. The minimum absolute atomic E-state index is 0.0159. The van der Waals surface area contributed by atoms with E-state index in [1.165, 1.54) is 19.2 Å². The number of imide groups is 1. The lowest BCUT2D eigenvalue weighted by molar-refractivity contribution is -0.384. The lowest BCUT2D eigenvalue weighted by Crippen LogP contribution is -2.43. The molecule has 2 bridgehead atoms. The second-order valence-corrected chi connectivity index (χ2v) is 6.81. The molecule has 2 fully saturated rings. The molecule has 3 heterocycles. The largest absolute Gasteiger partial charge is 0.495 e. The number of anilines is 1. The molecule has 0 aromatic heterocycles. The van der Waals surface area contributed by atoms with Crippen LogP contribution in [0, 0.1) is 22.0 Å². The van der Waals surface area contributed by atoms with E-state index in [-0.39, 0.29) is 17.1 Å². The summed E-state index contributed by atoms with van der Waals surface area (Å²) in [5.41, 5.74) is -2.52. The number of aliphatic hydroxyl groups is 1. The zero-order valence-corrected chi connectivity index (χ0v) is 14.0.